The minimum atomic E-state index is 0.586. The molecule has 2 N–H and O–H groups in total. The van der Waals surface area contributed by atoms with Crippen LogP contribution in [0.4, 0.5) is 5.69 Å². The number of hydrogen-bond donors (Lipinski definition) is 1. The van der Waals surface area contributed by atoms with E-state index in [9.17, 15) is 0 Å². The summed E-state index contributed by atoms with van der Waals surface area (Å²) in [4.78, 5) is 2.35. The van der Waals surface area contributed by atoms with Crippen LogP contribution in [0.1, 0.15) is 18.9 Å². The van der Waals surface area contributed by atoms with Gasteiger partial charge < -0.3 is 5.73 Å². The van der Waals surface area contributed by atoms with Crippen LogP contribution in [-0.4, -0.2) is 30.0 Å². The summed E-state index contributed by atoms with van der Waals surface area (Å²) in [5, 5.41) is 0.750. The molecule has 2 nitrogen and oxygen atoms in total. The van der Waals surface area contributed by atoms with Gasteiger partial charge in [-0.1, -0.05) is 18.5 Å². The number of nitrogens with zero attached hydrogens (tertiary/aromatic N) is 1. The summed E-state index contributed by atoms with van der Waals surface area (Å²) < 4.78 is 0. The fourth-order valence-corrected chi connectivity index (χ4v) is 2.93. The molecule has 1 rings (SSSR count). The van der Waals surface area contributed by atoms with E-state index in [2.05, 4.69) is 25.1 Å². The fraction of sp³-hybridized carbons (Fsp3) is 0.538. The first kappa shape index (κ1) is 14.7. The number of rotatable bonds is 6. The molecule has 0 aliphatic carbocycles. The molecule has 1 atom stereocenters. The topological polar surface area (TPSA) is 29.3 Å². The average molecular weight is 273 g/mol. The van der Waals surface area contributed by atoms with Crippen LogP contribution in [0.15, 0.2) is 18.2 Å². The van der Waals surface area contributed by atoms with Gasteiger partial charge in [0.1, 0.15) is 0 Å². The molecule has 1 aromatic carbocycles. The van der Waals surface area contributed by atoms with Crippen molar-refractivity contribution in [3.63, 3.8) is 0 Å². The second-order valence-corrected chi connectivity index (χ2v) is 5.62. The highest BCUT2D eigenvalue weighted by atomic mass is 35.5. The summed E-state index contributed by atoms with van der Waals surface area (Å²) in [6.45, 7) is 3.07. The summed E-state index contributed by atoms with van der Waals surface area (Å²) >= 11 is 7.88. The molecule has 4 heteroatoms. The van der Waals surface area contributed by atoms with Crippen LogP contribution in [0, 0.1) is 0 Å². The van der Waals surface area contributed by atoms with E-state index < -0.39 is 0 Å². The van der Waals surface area contributed by atoms with Crippen molar-refractivity contribution in [3.05, 3.63) is 28.8 Å². The van der Waals surface area contributed by atoms with Gasteiger partial charge in [-0.05, 0) is 43.5 Å². The normalized spacial score (nSPS) is 13.0. The van der Waals surface area contributed by atoms with E-state index >= 15 is 0 Å². The lowest BCUT2D eigenvalue weighted by molar-refractivity contribution is 0.248. The zero-order chi connectivity index (χ0) is 12.8. The first-order chi connectivity index (χ1) is 8.08. The van der Waals surface area contributed by atoms with E-state index in [0.29, 0.717) is 6.04 Å². The summed E-state index contributed by atoms with van der Waals surface area (Å²) in [7, 11) is 2.14. The lowest BCUT2D eigenvalue weighted by atomic mass is 10.1. The maximum Gasteiger partial charge on any atom is 0.0410 e. The largest absolute Gasteiger partial charge is 0.398 e. The Labute approximate surface area is 114 Å². The molecular weight excluding hydrogens is 252 g/mol. The van der Waals surface area contributed by atoms with Gasteiger partial charge in [0.2, 0.25) is 0 Å². The van der Waals surface area contributed by atoms with Crippen LogP contribution in [0.25, 0.3) is 0 Å². The minimum absolute atomic E-state index is 0.586. The number of nitrogens with two attached hydrogens (primary N) is 1. The van der Waals surface area contributed by atoms with Crippen molar-refractivity contribution in [2.24, 2.45) is 0 Å². The molecule has 0 spiro atoms. The predicted molar refractivity (Wildman–Crippen MR) is 79.8 cm³/mol. The first-order valence-corrected chi connectivity index (χ1v) is 7.58. The Morgan fingerprint density at radius 3 is 2.76 bits per heavy atom. The Bertz CT molecular complexity index is 357. The van der Waals surface area contributed by atoms with Gasteiger partial charge in [0, 0.05) is 29.0 Å². The van der Waals surface area contributed by atoms with Gasteiger partial charge in [-0.3, -0.25) is 4.90 Å². The first-order valence-electron chi connectivity index (χ1n) is 5.81. The zero-order valence-electron chi connectivity index (χ0n) is 10.7. The van der Waals surface area contributed by atoms with Crippen LogP contribution in [0.3, 0.4) is 0 Å². The lowest BCUT2D eigenvalue weighted by Crippen LogP contribution is -2.32. The second-order valence-electron chi connectivity index (χ2n) is 4.28. The number of anilines is 1. The molecular formula is C13H21ClN2S. The Balaban J connectivity index is 2.72. The highest BCUT2D eigenvalue weighted by molar-refractivity contribution is 7.98. The average Bonchev–Trinajstić information content (AvgIpc) is 2.30. The Kier molecular flexibility index (Phi) is 6.17. The van der Waals surface area contributed by atoms with Gasteiger partial charge in [-0.15, -0.1) is 0 Å². The Morgan fingerprint density at radius 2 is 2.18 bits per heavy atom. The summed E-state index contributed by atoms with van der Waals surface area (Å²) in [6, 6.07) is 6.25. The third-order valence-corrected chi connectivity index (χ3v) is 3.93. The maximum atomic E-state index is 6.00. The van der Waals surface area contributed by atoms with E-state index in [1.54, 1.807) is 0 Å². The highest BCUT2D eigenvalue weighted by Gasteiger charge is 2.13. The summed E-state index contributed by atoms with van der Waals surface area (Å²) in [5.74, 6) is 1.15. The molecule has 0 radical (unpaired) electrons. The van der Waals surface area contributed by atoms with Crippen LogP contribution in [-0.2, 0) is 6.54 Å². The molecule has 0 heterocycles. The molecule has 1 unspecified atom stereocenters. The number of nitrogen functional groups attached to an aromatic ring is 1. The molecule has 0 aromatic heterocycles. The molecule has 0 saturated heterocycles. The van der Waals surface area contributed by atoms with Gasteiger partial charge in [0.15, 0.2) is 0 Å². The molecule has 0 aliphatic rings. The quantitative estimate of drug-likeness (QED) is 0.804. The third kappa shape index (κ3) is 4.41. The van der Waals surface area contributed by atoms with Crippen LogP contribution >= 0.6 is 23.4 Å². The van der Waals surface area contributed by atoms with Gasteiger partial charge in [-0.2, -0.15) is 11.8 Å². The number of halogens is 1. The lowest BCUT2D eigenvalue weighted by Gasteiger charge is -2.27. The van der Waals surface area contributed by atoms with E-state index in [1.165, 1.54) is 0 Å². The molecule has 0 amide bonds. The van der Waals surface area contributed by atoms with Crippen LogP contribution in [0.2, 0.25) is 5.02 Å². The molecule has 0 fully saturated rings. The van der Waals surface area contributed by atoms with Crippen molar-refractivity contribution in [2.45, 2.75) is 25.9 Å². The van der Waals surface area contributed by atoms with Crippen molar-refractivity contribution in [1.82, 2.24) is 4.90 Å². The minimum Gasteiger partial charge on any atom is -0.398 e. The predicted octanol–water partition coefficient (Wildman–Crippen LogP) is 3.50. The molecule has 1 aromatic rings. The van der Waals surface area contributed by atoms with Crippen molar-refractivity contribution in [3.8, 4) is 0 Å². The fourth-order valence-electron chi connectivity index (χ4n) is 1.86. The second kappa shape index (κ2) is 7.14. The van der Waals surface area contributed by atoms with E-state index in [1.807, 2.05) is 30.0 Å². The van der Waals surface area contributed by atoms with Crippen molar-refractivity contribution in [1.29, 1.82) is 0 Å². The van der Waals surface area contributed by atoms with Crippen molar-refractivity contribution >= 4 is 29.1 Å². The van der Waals surface area contributed by atoms with E-state index in [4.69, 9.17) is 17.3 Å². The van der Waals surface area contributed by atoms with Gasteiger partial charge in [0.05, 0.1) is 0 Å². The van der Waals surface area contributed by atoms with Crippen molar-refractivity contribution in [2.75, 3.05) is 24.8 Å². The van der Waals surface area contributed by atoms with Gasteiger partial charge >= 0.3 is 0 Å². The van der Waals surface area contributed by atoms with Gasteiger partial charge in [-0.25, -0.2) is 0 Å². The number of thioether (sulfide) groups is 1. The third-order valence-electron chi connectivity index (χ3n) is 2.98. The van der Waals surface area contributed by atoms with Crippen molar-refractivity contribution < 1.29 is 0 Å². The standard InChI is InChI=1S/C13H21ClN2S/c1-4-12(9-17-3)16(2)8-10-7-11(14)5-6-13(10)15/h5-7,12H,4,8-9,15H2,1-3H3. The molecule has 96 valence electrons. The number of hydrogen-bond acceptors (Lipinski definition) is 3. The Morgan fingerprint density at radius 1 is 1.47 bits per heavy atom. The Hall–Kier alpha value is -0.380. The zero-order valence-corrected chi connectivity index (χ0v) is 12.3. The van der Waals surface area contributed by atoms with Gasteiger partial charge in [0.25, 0.3) is 0 Å². The SMILES string of the molecule is CCC(CSC)N(C)Cc1cc(Cl)ccc1N. The summed E-state index contributed by atoms with van der Waals surface area (Å²) in [6.07, 6.45) is 3.29. The molecule has 0 aliphatic heterocycles. The molecule has 17 heavy (non-hydrogen) atoms. The molecule has 0 bridgehead atoms. The molecule has 0 saturated carbocycles. The van der Waals surface area contributed by atoms with E-state index in [0.717, 1.165) is 35.0 Å². The summed E-state index contributed by atoms with van der Waals surface area (Å²) in [5.41, 5.74) is 7.89. The number of benzene rings is 1. The van der Waals surface area contributed by atoms with Crippen LogP contribution in [0.5, 0.6) is 0 Å². The smallest absolute Gasteiger partial charge is 0.0410 e. The van der Waals surface area contributed by atoms with Crippen LogP contribution < -0.4 is 5.73 Å². The monoisotopic (exact) mass is 272 g/mol. The maximum absolute atomic E-state index is 6.00. The highest BCUT2D eigenvalue weighted by Crippen LogP contribution is 2.21. The van der Waals surface area contributed by atoms with E-state index in [-0.39, 0.29) is 0 Å².